The summed E-state index contributed by atoms with van der Waals surface area (Å²) in [5, 5.41) is 2.87. The summed E-state index contributed by atoms with van der Waals surface area (Å²) in [6.07, 6.45) is -0.238. The third-order valence-corrected chi connectivity index (χ3v) is 2.84. The first-order chi connectivity index (χ1) is 10.0. The van der Waals surface area contributed by atoms with Gasteiger partial charge in [0.15, 0.2) is 0 Å². The molecule has 1 aromatic carbocycles. The lowest BCUT2D eigenvalue weighted by molar-refractivity contribution is 0.0365. The summed E-state index contributed by atoms with van der Waals surface area (Å²) >= 11 is 0. The highest BCUT2D eigenvalue weighted by molar-refractivity contribution is 5.96. The summed E-state index contributed by atoms with van der Waals surface area (Å²) in [4.78, 5) is 11.7. The van der Waals surface area contributed by atoms with Gasteiger partial charge in [0.25, 0.3) is 0 Å². The van der Waals surface area contributed by atoms with E-state index in [-0.39, 0.29) is 29.6 Å². The number of methoxy groups -OCH3 is 2. The van der Waals surface area contributed by atoms with E-state index in [2.05, 4.69) is 5.32 Å². The van der Waals surface area contributed by atoms with E-state index in [0.717, 1.165) is 6.07 Å². The first kappa shape index (κ1) is 17.2. The fraction of sp³-hybridized carbons (Fsp3) is 0.500. The maximum absolute atomic E-state index is 13.9. The number of carbonyl (C=O) groups excluding carboxylic acids is 1. The topological polar surface area (TPSA) is 82.8 Å². The van der Waals surface area contributed by atoms with Gasteiger partial charge in [0.1, 0.15) is 5.82 Å². The van der Waals surface area contributed by atoms with Crippen LogP contribution in [0.15, 0.2) is 12.1 Å². The summed E-state index contributed by atoms with van der Waals surface area (Å²) in [5.41, 5.74) is 5.96. The zero-order valence-electron chi connectivity index (χ0n) is 12.4. The van der Waals surface area contributed by atoms with Gasteiger partial charge in [0.2, 0.25) is 0 Å². The van der Waals surface area contributed by atoms with Crippen LogP contribution in [-0.2, 0) is 14.2 Å². The molecule has 0 saturated carbocycles. The van der Waals surface area contributed by atoms with Gasteiger partial charge >= 0.3 is 5.97 Å². The van der Waals surface area contributed by atoms with Crippen molar-refractivity contribution in [3.63, 3.8) is 0 Å². The summed E-state index contributed by atoms with van der Waals surface area (Å²) < 4.78 is 28.9. The van der Waals surface area contributed by atoms with Crippen molar-refractivity contribution in [3.8, 4) is 0 Å². The Bertz CT molecular complexity index is 482. The van der Waals surface area contributed by atoms with E-state index in [9.17, 15) is 9.18 Å². The molecule has 0 saturated heterocycles. The second-order valence-electron chi connectivity index (χ2n) is 4.33. The molecule has 0 heterocycles. The number of hydrogen-bond donors (Lipinski definition) is 2. The Kier molecular flexibility index (Phi) is 6.90. The molecule has 0 aliphatic heterocycles. The number of anilines is 2. The minimum Gasteiger partial charge on any atom is -0.462 e. The monoisotopic (exact) mass is 300 g/mol. The molecule has 0 fully saturated rings. The first-order valence-electron chi connectivity index (χ1n) is 6.55. The van der Waals surface area contributed by atoms with Crippen LogP contribution in [0.5, 0.6) is 0 Å². The number of nitrogen functional groups attached to an aromatic ring is 1. The van der Waals surface area contributed by atoms with E-state index in [1.165, 1.54) is 13.2 Å². The number of carbonyl (C=O) groups is 1. The van der Waals surface area contributed by atoms with Gasteiger partial charge in [-0.3, -0.25) is 0 Å². The zero-order chi connectivity index (χ0) is 15.8. The molecule has 0 amide bonds. The Morgan fingerprint density at radius 1 is 1.43 bits per heavy atom. The average Bonchev–Trinajstić information content (AvgIpc) is 2.45. The highest BCUT2D eigenvalue weighted by atomic mass is 19.1. The molecule has 118 valence electrons. The van der Waals surface area contributed by atoms with Crippen LogP contribution in [0.25, 0.3) is 0 Å². The third-order valence-electron chi connectivity index (χ3n) is 2.84. The standard InChI is InChI=1S/C14H21FN2O4/c1-4-21-14(18)10-5-13(11(15)6-12(10)16)17-7-9(20-3)8-19-2/h5-6,9,17H,4,7-8,16H2,1-3H3. The SMILES string of the molecule is CCOC(=O)c1cc(NCC(COC)OC)c(F)cc1N. The van der Waals surface area contributed by atoms with Crippen molar-refractivity contribution >= 4 is 17.3 Å². The fourth-order valence-electron chi connectivity index (χ4n) is 1.73. The molecule has 1 rings (SSSR count). The number of halogens is 1. The van der Waals surface area contributed by atoms with Crippen LogP contribution in [0.1, 0.15) is 17.3 Å². The summed E-state index contributed by atoms with van der Waals surface area (Å²) in [6.45, 7) is 2.60. The van der Waals surface area contributed by atoms with Gasteiger partial charge in [0.05, 0.1) is 30.6 Å². The molecule has 3 N–H and O–H groups in total. The summed E-state index contributed by atoms with van der Waals surface area (Å²) in [7, 11) is 3.09. The molecule has 0 bridgehead atoms. The van der Waals surface area contributed by atoms with Crippen LogP contribution < -0.4 is 11.1 Å². The average molecular weight is 300 g/mol. The Morgan fingerprint density at radius 3 is 2.71 bits per heavy atom. The number of rotatable bonds is 8. The Hall–Kier alpha value is -1.86. The van der Waals surface area contributed by atoms with Crippen molar-refractivity contribution in [3.05, 3.63) is 23.5 Å². The number of esters is 1. The van der Waals surface area contributed by atoms with Crippen LogP contribution in [0.4, 0.5) is 15.8 Å². The van der Waals surface area contributed by atoms with Crippen molar-refractivity contribution < 1.29 is 23.4 Å². The Balaban J connectivity index is 2.86. The van der Waals surface area contributed by atoms with E-state index in [4.69, 9.17) is 19.9 Å². The van der Waals surface area contributed by atoms with E-state index < -0.39 is 11.8 Å². The second-order valence-corrected chi connectivity index (χ2v) is 4.33. The first-order valence-corrected chi connectivity index (χ1v) is 6.55. The molecule has 21 heavy (non-hydrogen) atoms. The Labute approximate surface area is 123 Å². The third kappa shape index (κ3) is 4.87. The predicted molar refractivity (Wildman–Crippen MR) is 77.9 cm³/mol. The van der Waals surface area contributed by atoms with E-state index >= 15 is 0 Å². The molecular formula is C14H21FN2O4. The molecule has 7 heteroatoms. The lowest BCUT2D eigenvalue weighted by Gasteiger charge is -2.17. The highest BCUT2D eigenvalue weighted by Crippen LogP contribution is 2.23. The summed E-state index contributed by atoms with van der Waals surface area (Å²) in [5.74, 6) is -1.13. The number of hydrogen-bond acceptors (Lipinski definition) is 6. The number of nitrogens with two attached hydrogens (primary N) is 1. The van der Waals surface area contributed by atoms with Gasteiger partial charge in [-0.15, -0.1) is 0 Å². The molecule has 0 spiro atoms. The molecular weight excluding hydrogens is 279 g/mol. The molecule has 0 radical (unpaired) electrons. The lowest BCUT2D eigenvalue weighted by atomic mass is 10.1. The van der Waals surface area contributed by atoms with Crippen molar-refractivity contribution in [2.24, 2.45) is 0 Å². The smallest absolute Gasteiger partial charge is 0.340 e. The molecule has 1 atom stereocenters. The van der Waals surface area contributed by atoms with Crippen LogP contribution in [0, 0.1) is 5.82 Å². The number of ether oxygens (including phenoxy) is 3. The maximum Gasteiger partial charge on any atom is 0.340 e. The van der Waals surface area contributed by atoms with Crippen molar-refractivity contribution in [2.45, 2.75) is 13.0 Å². The second kappa shape index (κ2) is 8.43. The van der Waals surface area contributed by atoms with Gasteiger partial charge in [-0.05, 0) is 19.1 Å². The largest absolute Gasteiger partial charge is 0.462 e. The normalized spacial score (nSPS) is 12.0. The number of nitrogens with one attached hydrogen (secondary N) is 1. The van der Waals surface area contributed by atoms with Gasteiger partial charge < -0.3 is 25.3 Å². The van der Waals surface area contributed by atoms with Crippen molar-refractivity contribution in [1.82, 2.24) is 0 Å². The van der Waals surface area contributed by atoms with Gasteiger partial charge in [-0.25, -0.2) is 9.18 Å². The van der Waals surface area contributed by atoms with Crippen molar-refractivity contribution in [2.75, 3.05) is 45.0 Å². The van der Waals surface area contributed by atoms with Gasteiger partial charge in [0, 0.05) is 26.5 Å². The van der Waals surface area contributed by atoms with Crippen LogP contribution in [0.2, 0.25) is 0 Å². The molecule has 0 aliphatic rings. The van der Waals surface area contributed by atoms with E-state index in [0.29, 0.717) is 13.2 Å². The fourth-order valence-corrected chi connectivity index (χ4v) is 1.73. The van der Waals surface area contributed by atoms with E-state index in [1.807, 2.05) is 0 Å². The predicted octanol–water partition coefficient (Wildman–Crippen LogP) is 1.66. The molecule has 0 aromatic heterocycles. The molecule has 6 nitrogen and oxygen atoms in total. The Morgan fingerprint density at radius 2 is 2.14 bits per heavy atom. The van der Waals surface area contributed by atoms with Crippen molar-refractivity contribution in [1.29, 1.82) is 0 Å². The number of benzene rings is 1. The lowest BCUT2D eigenvalue weighted by Crippen LogP contribution is -2.27. The van der Waals surface area contributed by atoms with Crippen LogP contribution in [-0.4, -0.2) is 46.1 Å². The van der Waals surface area contributed by atoms with E-state index in [1.54, 1.807) is 14.0 Å². The van der Waals surface area contributed by atoms with Crippen LogP contribution in [0.3, 0.4) is 0 Å². The molecule has 0 aliphatic carbocycles. The van der Waals surface area contributed by atoms with Crippen LogP contribution >= 0.6 is 0 Å². The molecule has 1 aromatic rings. The minimum absolute atomic E-state index is 0.0386. The zero-order valence-corrected chi connectivity index (χ0v) is 12.4. The molecule has 1 unspecified atom stereocenters. The highest BCUT2D eigenvalue weighted by Gasteiger charge is 2.16. The minimum atomic E-state index is -0.585. The quantitative estimate of drug-likeness (QED) is 0.561. The summed E-state index contributed by atoms with van der Waals surface area (Å²) in [6, 6.07) is 2.43. The van der Waals surface area contributed by atoms with Gasteiger partial charge in [-0.1, -0.05) is 0 Å². The maximum atomic E-state index is 13.9. The van der Waals surface area contributed by atoms with Gasteiger partial charge in [-0.2, -0.15) is 0 Å².